The molecule has 0 aromatic carbocycles. The number of hydrogen-bond donors (Lipinski definition) is 1. The van der Waals surface area contributed by atoms with Crippen molar-refractivity contribution in [3.05, 3.63) is 34.1 Å². The fourth-order valence-electron chi connectivity index (χ4n) is 1.32. The van der Waals surface area contributed by atoms with Gasteiger partial charge in [0, 0.05) is 11.1 Å². The first-order chi connectivity index (χ1) is 6.59. The number of aliphatic hydroxyl groups is 1. The second kappa shape index (κ2) is 3.26. The fourth-order valence-corrected chi connectivity index (χ4v) is 1.87. The molecule has 1 N–H and O–H groups in total. The fraction of sp³-hybridized carbons (Fsp3) is 0.111. The lowest BCUT2D eigenvalue weighted by atomic mass is 9.94. The maximum absolute atomic E-state index is 11.0. The molecule has 0 saturated heterocycles. The lowest BCUT2D eigenvalue weighted by Crippen LogP contribution is -2.23. The average Bonchev–Trinajstić information content (AvgIpc) is 2.14. The van der Waals surface area contributed by atoms with E-state index in [2.05, 4.69) is 4.99 Å². The van der Waals surface area contributed by atoms with Gasteiger partial charge in [0.1, 0.15) is 0 Å². The van der Waals surface area contributed by atoms with Crippen LogP contribution in [0.5, 0.6) is 0 Å². The third-order valence-electron chi connectivity index (χ3n) is 1.99. The number of amides is 1. The number of nitrogens with zero attached hydrogens (tertiary/aromatic N) is 1. The molecular weight excluding hydrogens is 225 g/mol. The minimum atomic E-state index is -0.418. The number of aliphatic imine (C=N–C) groups is 1. The molecule has 0 aromatic rings. The number of carbonyl (C=O) groups excluding carboxylic acids is 1. The van der Waals surface area contributed by atoms with Gasteiger partial charge in [-0.3, -0.25) is 4.79 Å². The van der Waals surface area contributed by atoms with E-state index in [4.69, 9.17) is 23.2 Å². The molecule has 0 bridgehead atoms. The first kappa shape index (κ1) is 9.49. The highest BCUT2D eigenvalue weighted by atomic mass is 35.5. The Balaban J connectivity index is 2.55. The molecule has 72 valence electrons. The van der Waals surface area contributed by atoms with Crippen LogP contribution in [-0.2, 0) is 4.79 Å². The van der Waals surface area contributed by atoms with Gasteiger partial charge in [-0.25, -0.2) is 4.99 Å². The second-order valence-electron chi connectivity index (χ2n) is 2.90. The van der Waals surface area contributed by atoms with E-state index in [1.54, 1.807) is 6.08 Å². The molecule has 1 amide bonds. The third-order valence-corrected chi connectivity index (χ3v) is 2.62. The lowest BCUT2D eigenvalue weighted by Gasteiger charge is -2.21. The first-order valence-corrected chi connectivity index (χ1v) is 4.62. The van der Waals surface area contributed by atoms with Crippen LogP contribution in [0.2, 0.25) is 0 Å². The van der Waals surface area contributed by atoms with E-state index in [0.717, 1.165) is 0 Å². The van der Waals surface area contributed by atoms with E-state index in [1.807, 2.05) is 0 Å². The summed E-state index contributed by atoms with van der Waals surface area (Å²) in [6, 6.07) is 0. The van der Waals surface area contributed by atoms with Crippen molar-refractivity contribution in [1.29, 1.82) is 0 Å². The van der Waals surface area contributed by atoms with Gasteiger partial charge in [0.25, 0.3) is 5.91 Å². The van der Waals surface area contributed by atoms with Crippen molar-refractivity contribution in [2.24, 2.45) is 10.9 Å². The van der Waals surface area contributed by atoms with Crippen molar-refractivity contribution in [2.75, 3.05) is 0 Å². The molecule has 0 spiro atoms. The molecule has 1 atom stereocenters. The molecule has 14 heavy (non-hydrogen) atoms. The van der Waals surface area contributed by atoms with E-state index in [0.29, 0.717) is 5.03 Å². The smallest absolute Gasteiger partial charge is 0.269 e. The number of carbonyl (C=O) groups is 1. The molecule has 0 aromatic heterocycles. The van der Waals surface area contributed by atoms with E-state index >= 15 is 0 Å². The van der Waals surface area contributed by atoms with Crippen LogP contribution < -0.4 is 0 Å². The molecule has 1 unspecified atom stereocenters. The van der Waals surface area contributed by atoms with Crippen LogP contribution in [0, 0.1) is 5.92 Å². The molecule has 2 aliphatic rings. The number of dihydropyridines is 1. The van der Waals surface area contributed by atoms with Gasteiger partial charge < -0.3 is 5.11 Å². The minimum absolute atomic E-state index is 0.105. The Hall–Kier alpha value is -1.06. The number of aliphatic hydroxyl groups excluding tert-OH is 1. The molecule has 5 heteroatoms. The summed E-state index contributed by atoms with van der Waals surface area (Å²) in [7, 11) is 0. The van der Waals surface area contributed by atoms with Gasteiger partial charge >= 0.3 is 0 Å². The highest BCUT2D eigenvalue weighted by Gasteiger charge is 2.29. The van der Waals surface area contributed by atoms with Crippen LogP contribution in [0.4, 0.5) is 0 Å². The zero-order valence-electron chi connectivity index (χ0n) is 6.87. The molecule has 1 aliphatic heterocycles. The predicted octanol–water partition coefficient (Wildman–Crippen LogP) is 2.28. The summed E-state index contributed by atoms with van der Waals surface area (Å²) < 4.78 is 0. The van der Waals surface area contributed by atoms with Crippen molar-refractivity contribution < 1.29 is 9.90 Å². The van der Waals surface area contributed by atoms with E-state index < -0.39 is 5.91 Å². The summed E-state index contributed by atoms with van der Waals surface area (Å²) >= 11 is 11.6. The SMILES string of the molecule is O=C1C=CC2C(Cl)=CC(Cl)=C(O)C2=N1. The van der Waals surface area contributed by atoms with Gasteiger partial charge in [0.05, 0.1) is 16.7 Å². The molecule has 0 fully saturated rings. The third kappa shape index (κ3) is 1.38. The summed E-state index contributed by atoms with van der Waals surface area (Å²) in [6.45, 7) is 0. The number of hydrogen-bond acceptors (Lipinski definition) is 2. The van der Waals surface area contributed by atoms with Gasteiger partial charge in [0.15, 0.2) is 5.76 Å². The van der Waals surface area contributed by atoms with Gasteiger partial charge in [-0.15, -0.1) is 0 Å². The minimum Gasteiger partial charge on any atom is -0.505 e. The summed E-state index contributed by atoms with van der Waals surface area (Å²) in [6.07, 6.45) is 4.35. The Kier molecular flexibility index (Phi) is 2.21. The zero-order chi connectivity index (χ0) is 10.3. The van der Waals surface area contributed by atoms with Gasteiger partial charge in [0.2, 0.25) is 0 Å². The number of fused-ring (bicyclic) bond motifs is 1. The first-order valence-electron chi connectivity index (χ1n) is 3.86. The number of halogens is 2. The quantitative estimate of drug-likeness (QED) is 0.693. The molecule has 1 heterocycles. The molecule has 3 nitrogen and oxygen atoms in total. The standard InChI is InChI=1S/C9H5Cl2NO2/c10-5-3-6(11)9(14)8-4(5)1-2-7(13)12-8/h1-4,14H. The van der Waals surface area contributed by atoms with Crippen LogP contribution in [0.15, 0.2) is 39.0 Å². The number of rotatable bonds is 0. The highest BCUT2D eigenvalue weighted by molar-refractivity contribution is 6.40. The van der Waals surface area contributed by atoms with Crippen molar-refractivity contribution in [1.82, 2.24) is 0 Å². The zero-order valence-corrected chi connectivity index (χ0v) is 8.38. The van der Waals surface area contributed by atoms with Gasteiger partial charge in [-0.1, -0.05) is 29.3 Å². The van der Waals surface area contributed by atoms with Crippen molar-refractivity contribution in [3.63, 3.8) is 0 Å². The van der Waals surface area contributed by atoms with Gasteiger partial charge in [-0.2, -0.15) is 0 Å². The van der Waals surface area contributed by atoms with Gasteiger partial charge in [-0.05, 0) is 6.08 Å². The Morgan fingerprint density at radius 2 is 2.14 bits per heavy atom. The van der Waals surface area contributed by atoms with Crippen LogP contribution in [-0.4, -0.2) is 16.7 Å². The molecule has 0 radical (unpaired) electrons. The van der Waals surface area contributed by atoms with Crippen LogP contribution in [0.1, 0.15) is 0 Å². The second-order valence-corrected chi connectivity index (χ2v) is 3.74. The van der Waals surface area contributed by atoms with Crippen LogP contribution in [0.3, 0.4) is 0 Å². The highest BCUT2D eigenvalue weighted by Crippen LogP contribution is 2.32. The topological polar surface area (TPSA) is 49.7 Å². The van der Waals surface area contributed by atoms with Crippen molar-refractivity contribution in [3.8, 4) is 0 Å². The van der Waals surface area contributed by atoms with Crippen molar-refractivity contribution >= 4 is 34.8 Å². The lowest BCUT2D eigenvalue weighted by molar-refractivity contribution is -0.113. The summed E-state index contributed by atoms with van der Waals surface area (Å²) in [5, 5.41) is 10.1. The number of allylic oxidation sites excluding steroid dienone is 5. The van der Waals surface area contributed by atoms with E-state index in [9.17, 15) is 9.90 Å². The van der Waals surface area contributed by atoms with E-state index in [-0.39, 0.29) is 22.4 Å². The Morgan fingerprint density at radius 1 is 1.43 bits per heavy atom. The molecule has 0 saturated carbocycles. The van der Waals surface area contributed by atoms with E-state index in [1.165, 1.54) is 12.2 Å². The summed E-state index contributed by atoms with van der Waals surface area (Å²) in [4.78, 5) is 14.6. The molecule has 2 rings (SSSR count). The maximum atomic E-state index is 11.0. The average molecular weight is 230 g/mol. The van der Waals surface area contributed by atoms with Crippen LogP contribution in [0.25, 0.3) is 0 Å². The predicted molar refractivity (Wildman–Crippen MR) is 54.5 cm³/mol. The monoisotopic (exact) mass is 229 g/mol. The molecule has 1 aliphatic carbocycles. The Bertz CT molecular complexity index is 432. The largest absolute Gasteiger partial charge is 0.505 e. The van der Waals surface area contributed by atoms with Crippen molar-refractivity contribution in [2.45, 2.75) is 0 Å². The Labute approximate surface area is 90.0 Å². The molecular formula is C9H5Cl2NO2. The van der Waals surface area contributed by atoms with Crippen LogP contribution >= 0.6 is 23.2 Å². The normalized spacial score (nSPS) is 25.9. The summed E-state index contributed by atoms with van der Waals surface area (Å²) in [5.41, 5.74) is 0.218. The Morgan fingerprint density at radius 3 is 2.86 bits per heavy atom. The maximum Gasteiger partial charge on any atom is 0.269 e. The summed E-state index contributed by atoms with van der Waals surface area (Å²) in [5.74, 6) is -0.950.